The molecule has 1 aromatic heterocycles. The summed E-state index contributed by atoms with van der Waals surface area (Å²) in [4.78, 5) is 1.26. The Morgan fingerprint density at radius 1 is 1.13 bits per heavy atom. The van der Waals surface area contributed by atoms with Gasteiger partial charge in [0.15, 0.2) is 0 Å². The third-order valence-corrected chi connectivity index (χ3v) is 6.92. The normalized spacial score (nSPS) is 17.4. The number of hydrogen-bond donors (Lipinski definition) is 1. The third-order valence-electron chi connectivity index (χ3n) is 4.50. The molecule has 1 aliphatic rings. The van der Waals surface area contributed by atoms with Crippen LogP contribution in [0.25, 0.3) is 0 Å². The summed E-state index contributed by atoms with van der Waals surface area (Å²) in [5, 5.41) is 2.04. The van der Waals surface area contributed by atoms with Crippen molar-refractivity contribution in [2.75, 3.05) is 6.54 Å². The SMILES string of the molecule is O=S(=O)(Cc1ccc(F)cc1)NCC1(c2cccs2)CCCC1. The van der Waals surface area contributed by atoms with Crippen LogP contribution < -0.4 is 4.72 Å². The summed E-state index contributed by atoms with van der Waals surface area (Å²) in [7, 11) is -3.43. The van der Waals surface area contributed by atoms with Gasteiger partial charge in [0.25, 0.3) is 0 Å². The van der Waals surface area contributed by atoms with Gasteiger partial charge in [0.05, 0.1) is 5.75 Å². The highest BCUT2D eigenvalue weighted by Gasteiger charge is 2.37. The molecule has 0 atom stereocenters. The van der Waals surface area contributed by atoms with E-state index in [9.17, 15) is 12.8 Å². The van der Waals surface area contributed by atoms with Gasteiger partial charge in [-0.1, -0.05) is 31.0 Å². The van der Waals surface area contributed by atoms with Crippen LogP contribution in [0.15, 0.2) is 41.8 Å². The van der Waals surface area contributed by atoms with Gasteiger partial charge in [-0.2, -0.15) is 0 Å². The van der Waals surface area contributed by atoms with Crippen molar-refractivity contribution in [2.45, 2.75) is 36.9 Å². The van der Waals surface area contributed by atoms with Crippen molar-refractivity contribution in [1.29, 1.82) is 0 Å². The molecule has 23 heavy (non-hydrogen) atoms. The van der Waals surface area contributed by atoms with E-state index < -0.39 is 10.0 Å². The van der Waals surface area contributed by atoms with Crippen molar-refractivity contribution in [1.82, 2.24) is 4.72 Å². The lowest BCUT2D eigenvalue weighted by molar-refractivity contribution is 0.440. The Hall–Kier alpha value is -1.24. The molecule has 0 unspecified atom stereocenters. The summed E-state index contributed by atoms with van der Waals surface area (Å²) in [6, 6.07) is 9.72. The summed E-state index contributed by atoms with van der Waals surface area (Å²) >= 11 is 1.70. The minimum absolute atomic E-state index is 0.0654. The van der Waals surface area contributed by atoms with Crippen LogP contribution in [0.4, 0.5) is 4.39 Å². The van der Waals surface area contributed by atoms with E-state index in [2.05, 4.69) is 10.8 Å². The van der Waals surface area contributed by atoms with Crippen LogP contribution >= 0.6 is 11.3 Å². The molecule has 1 fully saturated rings. The highest BCUT2D eigenvalue weighted by molar-refractivity contribution is 7.88. The number of hydrogen-bond acceptors (Lipinski definition) is 3. The molecule has 3 rings (SSSR count). The number of thiophene rings is 1. The van der Waals surface area contributed by atoms with Crippen LogP contribution in [0.1, 0.15) is 36.1 Å². The van der Waals surface area contributed by atoms with E-state index in [1.54, 1.807) is 11.3 Å². The molecule has 1 aliphatic carbocycles. The number of rotatable bonds is 6. The summed E-state index contributed by atoms with van der Waals surface area (Å²) in [6.07, 6.45) is 4.31. The van der Waals surface area contributed by atoms with Crippen molar-refractivity contribution in [3.8, 4) is 0 Å². The first-order valence-corrected chi connectivity index (χ1v) is 10.3. The van der Waals surface area contributed by atoms with Gasteiger partial charge in [-0.05, 0) is 42.0 Å². The Bertz CT molecular complexity index is 733. The van der Waals surface area contributed by atoms with Crippen molar-refractivity contribution in [3.63, 3.8) is 0 Å². The lowest BCUT2D eigenvalue weighted by Gasteiger charge is -2.28. The fourth-order valence-corrected chi connectivity index (χ4v) is 5.46. The van der Waals surface area contributed by atoms with Crippen LogP contribution in [-0.4, -0.2) is 15.0 Å². The van der Waals surface area contributed by atoms with Crippen LogP contribution in [0.5, 0.6) is 0 Å². The van der Waals surface area contributed by atoms with Crippen LogP contribution in [0.3, 0.4) is 0 Å². The van der Waals surface area contributed by atoms with Gasteiger partial charge in [-0.25, -0.2) is 17.5 Å². The maximum absolute atomic E-state index is 12.9. The maximum atomic E-state index is 12.9. The molecule has 1 N–H and O–H groups in total. The summed E-state index contributed by atoms with van der Waals surface area (Å²) < 4.78 is 40.4. The first kappa shape index (κ1) is 16.6. The highest BCUT2D eigenvalue weighted by atomic mass is 32.2. The van der Waals surface area contributed by atoms with E-state index in [-0.39, 0.29) is 17.0 Å². The molecule has 1 heterocycles. The average molecular weight is 353 g/mol. The number of sulfonamides is 1. The molecule has 3 nitrogen and oxygen atoms in total. The van der Waals surface area contributed by atoms with Gasteiger partial charge in [-0.3, -0.25) is 0 Å². The summed E-state index contributed by atoms with van der Waals surface area (Å²) in [5.41, 5.74) is 0.528. The Morgan fingerprint density at radius 2 is 1.83 bits per heavy atom. The van der Waals surface area contributed by atoms with Crippen LogP contribution in [0, 0.1) is 5.82 Å². The second kappa shape index (κ2) is 6.71. The molecule has 124 valence electrons. The molecule has 2 aromatic rings. The van der Waals surface area contributed by atoms with Gasteiger partial charge in [-0.15, -0.1) is 11.3 Å². The Labute approximate surface area is 140 Å². The number of nitrogens with one attached hydrogen (secondary N) is 1. The fourth-order valence-electron chi connectivity index (χ4n) is 3.24. The van der Waals surface area contributed by atoms with Gasteiger partial charge in [0, 0.05) is 16.8 Å². The number of benzene rings is 1. The zero-order valence-electron chi connectivity index (χ0n) is 12.8. The molecule has 0 radical (unpaired) electrons. The smallest absolute Gasteiger partial charge is 0.214 e. The minimum atomic E-state index is -3.43. The van der Waals surface area contributed by atoms with Crippen molar-refractivity contribution >= 4 is 21.4 Å². The topological polar surface area (TPSA) is 46.2 Å². The highest BCUT2D eigenvalue weighted by Crippen LogP contribution is 2.42. The number of halogens is 1. The quantitative estimate of drug-likeness (QED) is 0.858. The fraction of sp³-hybridized carbons (Fsp3) is 0.412. The third kappa shape index (κ3) is 4.00. The summed E-state index contributed by atoms with van der Waals surface area (Å²) in [5.74, 6) is -0.477. The first-order valence-electron chi connectivity index (χ1n) is 7.75. The predicted octanol–water partition coefficient (Wildman–Crippen LogP) is 3.82. The largest absolute Gasteiger partial charge is 0.215 e. The molecule has 0 saturated heterocycles. The first-order chi connectivity index (χ1) is 11.0. The zero-order chi connectivity index (χ0) is 16.3. The maximum Gasteiger partial charge on any atom is 0.215 e. The molecule has 0 amide bonds. The monoisotopic (exact) mass is 353 g/mol. The molecular formula is C17H20FNO2S2. The lowest BCUT2D eigenvalue weighted by atomic mass is 9.85. The van der Waals surface area contributed by atoms with Crippen LogP contribution in [0.2, 0.25) is 0 Å². The van der Waals surface area contributed by atoms with E-state index in [4.69, 9.17) is 0 Å². The van der Waals surface area contributed by atoms with E-state index in [0.29, 0.717) is 12.1 Å². The van der Waals surface area contributed by atoms with Crippen molar-refractivity contribution in [2.24, 2.45) is 0 Å². The van der Waals surface area contributed by atoms with Crippen LogP contribution in [-0.2, 0) is 21.2 Å². The zero-order valence-corrected chi connectivity index (χ0v) is 14.4. The molecular weight excluding hydrogens is 333 g/mol. The second-order valence-electron chi connectivity index (χ2n) is 6.17. The van der Waals surface area contributed by atoms with E-state index in [1.807, 2.05) is 11.4 Å². The molecule has 0 aliphatic heterocycles. The molecule has 1 saturated carbocycles. The van der Waals surface area contributed by atoms with E-state index in [0.717, 1.165) is 25.7 Å². The Balaban J connectivity index is 1.69. The minimum Gasteiger partial charge on any atom is -0.214 e. The van der Waals surface area contributed by atoms with Crippen molar-refractivity contribution in [3.05, 3.63) is 58.0 Å². The van der Waals surface area contributed by atoms with E-state index in [1.165, 1.54) is 29.1 Å². The van der Waals surface area contributed by atoms with E-state index >= 15 is 0 Å². The van der Waals surface area contributed by atoms with Crippen molar-refractivity contribution < 1.29 is 12.8 Å². The molecule has 6 heteroatoms. The lowest BCUT2D eigenvalue weighted by Crippen LogP contribution is -2.39. The Morgan fingerprint density at radius 3 is 2.43 bits per heavy atom. The molecule has 1 aromatic carbocycles. The molecule has 0 spiro atoms. The Kier molecular flexibility index (Phi) is 4.85. The average Bonchev–Trinajstić information content (AvgIpc) is 3.19. The summed E-state index contributed by atoms with van der Waals surface area (Å²) in [6.45, 7) is 0.442. The molecule has 0 bridgehead atoms. The predicted molar refractivity (Wildman–Crippen MR) is 91.5 cm³/mol. The standard InChI is InChI=1S/C17H20FNO2S2/c18-15-7-5-14(6-8-15)12-23(20,21)19-13-17(9-1-2-10-17)16-4-3-11-22-16/h3-8,11,19H,1-2,9-10,12-13H2. The van der Waals surface area contributed by atoms with Gasteiger partial charge < -0.3 is 0 Å². The second-order valence-corrected chi connectivity index (χ2v) is 8.93. The van der Waals surface area contributed by atoms with Gasteiger partial charge >= 0.3 is 0 Å². The van der Waals surface area contributed by atoms with Gasteiger partial charge in [0.2, 0.25) is 10.0 Å². The van der Waals surface area contributed by atoms with Gasteiger partial charge in [0.1, 0.15) is 5.82 Å².